The minimum absolute atomic E-state index is 0.0943. The predicted octanol–water partition coefficient (Wildman–Crippen LogP) is 0.442. The third-order valence-corrected chi connectivity index (χ3v) is 1.62. The van der Waals surface area contributed by atoms with Crippen molar-refractivity contribution in [2.24, 2.45) is 0 Å². The van der Waals surface area contributed by atoms with Gasteiger partial charge in [0, 0.05) is 0 Å². The van der Waals surface area contributed by atoms with Gasteiger partial charge in [0.2, 0.25) is 0 Å². The van der Waals surface area contributed by atoms with Gasteiger partial charge in [-0.25, -0.2) is 0 Å². The molecule has 0 saturated carbocycles. The van der Waals surface area contributed by atoms with Crippen LogP contribution in [0.15, 0.2) is 0 Å². The van der Waals surface area contributed by atoms with E-state index in [0.29, 0.717) is 0 Å². The van der Waals surface area contributed by atoms with Crippen LogP contribution in [0, 0.1) is 0 Å². The normalized spacial score (nSPS) is 13.3. The van der Waals surface area contributed by atoms with E-state index in [2.05, 4.69) is 0 Å². The van der Waals surface area contributed by atoms with Gasteiger partial charge in [0.25, 0.3) is 0 Å². The average Bonchev–Trinajstić information content (AvgIpc) is 1.65. The third kappa shape index (κ3) is 3.13. The van der Waals surface area contributed by atoms with Gasteiger partial charge in [-0.15, -0.1) is 0 Å². The van der Waals surface area contributed by atoms with Crippen molar-refractivity contribution in [3.05, 3.63) is 0 Å². The summed E-state index contributed by atoms with van der Waals surface area (Å²) in [6, 6.07) is 0. The Labute approximate surface area is 58.7 Å². The average molecular weight is 178 g/mol. The number of carbonyl (C=O) groups excluding carboxylic acids is 1. The van der Waals surface area contributed by atoms with Gasteiger partial charge in [-0.05, 0) is 0 Å². The molecular formula is C4H7O2Zr. The summed E-state index contributed by atoms with van der Waals surface area (Å²) in [5.41, 5.74) is 0. The molecule has 0 aromatic rings. The number of Topliss-reactive ketones (excluding diaryl/α,β-unsaturated/α-hetero) is 1. The van der Waals surface area contributed by atoms with E-state index in [1.54, 1.807) is 6.92 Å². The molecule has 0 aliphatic carbocycles. The quantitative estimate of drug-likeness (QED) is 0.613. The Kier molecular flexibility index (Phi) is 3.76. The van der Waals surface area contributed by atoms with Crippen molar-refractivity contribution in [2.45, 2.75) is 20.0 Å². The van der Waals surface area contributed by atoms with E-state index in [9.17, 15) is 4.79 Å². The van der Waals surface area contributed by atoms with Crippen LogP contribution in [-0.2, 0) is 32.8 Å². The van der Waals surface area contributed by atoms with Gasteiger partial charge in [-0.3, -0.25) is 0 Å². The molecule has 39 valence electrons. The molecule has 3 heteroatoms. The molecule has 0 aromatic heterocycles. The fraction of sp³-hybridized carbons (Fsp3) is 0.750. The summed E-state index contributed by atoms with van der Waals surface area (Å²) in [4.78, 5) is 10.3. The number of hydrogen-bond acceptors (Lipinski definition) is 2. The Morgan fingerprint density at radius 3 is 2.29 bits per heavy atom. The Hall–Kier alpha value is 0.513. The van der Waals surface area contributed by atoms with Crippen LogP contribution < -0.4 is 0 Å². The Morgan fingerprint density at radius 1 is 1.86 bits per heavy atom. The van der Waals surface area contributed by atoms with Crippen molar-refractivity contribution < 1.29 is 32.8 Å². The van der Waals surface area contributed by atoms with Crippen molar-refractivity contribution in [3.63, 3.8) is 0 Å². The minimum atomic E-state index is -0.196. The number of carbonyl (C=O) groups is 1. The summed E-state index contributed by atoms with van der Waals surface area (Å²) in [6.07, 6.45) is -0.196. The van der Waals surface area contributed by atoms with Crippen LogP contribution >= 0.6 is 0 Å². The first-order valence-corrected chi connectivity index (χ1v) is 3.01. The van der Waals surface area contributed by atoms with Crippen LogP contribution in [-0.4, -0.2) is 11.9 Å². The van der Waals surface area contributed by atoms with E-state index in [-0.39, 0.29) is 11.9 Å². The number of ketones is 1. The van der Waals surface area contributed by atoms with Crippen LogP contribution in [0.2, 0.25) is 0 Å². The van der Waals surface area contributed by atoms with Gasteiger partial charge in [-0.2, -0.15) is 0 Å². The standard InChI is InChI=1S/C4H7O2.Zr/c1-3(5)4(2)6;/h3H,1-2H3;/q-1;+1. The molecule has 0 aromatic carbocycles. The van der Waals surface area contributed by atoms with Crippen LogP contribution in [0.25, 0.3) is 0 Å². The predicted molar refractivity (Wildman–Crippen MR) is 21.2 cm³/mol. The molecule has 0 rings (SSSR count). The fourth-order valence-electron chi connectivity index (χ4n) is 0.0830. The summed E-state index contributed by atoms with van der Waals surface area (Å²) in [6.45, 7) is 3.27. The van der Waals surface area contributed by atoms with Crippen molar-refractivity contribution in [1.29, 1.82) is 0 Å². The molecular weight excluding hydrogens is 171 g/mol. The first-order valence-electron chi connectivity index (χ1n) is 2.01. The van der Waals surface area contributed by atoms with Crippen molar-refractivity contribution in [1.82, 2.24) is 0 Å². The van der Waals surface area contributed by atoms with Crippen molar-refractivity contribution >= 4 is 5.78 Å². The Balaban J connectivity index is 3.34. The van der Waals surface area contributed by atoms with Crippen LogP contribution in [0.1, 0.15) is 13.8 Å². The maximum absolute atomic E-state index is 10.3. The van der Waals surface area contributed by atoms with Gasteiger partial charge < -0.3 is 0 Å². The zero-order valence-corrected chi connectivity index (χ0v) is 6.85. The van der Waals surface area contributed by atoms with E-state index in [1.807, 2.05) is 0 Å². The second kappa shape index (κ2) is 3.51. The summed E-state index contributed by atoms with van der Waals surface area (Å²) in [7, 11) is 0. The van der Waals surface area contributed by atoms with Crippen molar-refractivity contribution in [3.8, 4) is 0 Å². The molecule has 0 amide bonds. The number of rotatable bonds is 2. The first kappa shape index (κ1) is 7.51. The molecule has 0 bridgehead atoms. The van der Waals surface area contributed by atoms with E-state index >= 15 is 0 Å². The molecule has 7 heavy (non-hydrogen) atoms. The molecule has 1 unspecified atom stereocenters. The molecule has 0 heterocycles. The molecule has 0 N–H and O–H groups in total. The fourth-order valence-corrected chi connectivity index (χ4v) is 0.491. The molecule has 0 fully saturated rings. The zero-order valence-electron chi connectivity index (χ0n) is 4.39. The molecule has 2 nitrogen and oxygen atoms in total. The Morgan fingerprint density at radius 2 is 2.29 bits per heavy atom. The van der Waals surface area contributed by atoms with Gasteiger partial charge in [0.05, 0.1) is 0 Å². The second-order valence-corrected chi connectivity index (χ2v) is 1.95. The van der Waals surface area contributed by atoms with E-state index in [1.165, 1.54) is 6.92 Å². The second-order valence-electron chi connectivity index (χ2n) is 1.37. The molecule has 0 saturated heterocycles. The molecule has 0 aliphatic heterocycles. The van der Waals surface area contributed by atoms with Crippen LogP contribution in [0.3, 0.4) is 0 Å². The SMILES string of the molecule is CC(=O)C(C)[O][Zr]. The molecule has 0 aliphatic rings. The van der Waals surface area contributed by atoms with E-state index in [0.717, 1.165) is 25.2 Å². The maximum atomic E-state index is 10.3. The zero-order chi connectivity index (χ0) is 5.86. The number of hydrogen-bond donors (Lipinski definition) is 0. The van der Waals surface area contributed by atoms with Gasteiger partial charge >= 0.3 is 58.5 Å². The van der Waals surface area contributed by atoms with Gasteiger partial charge in [0.15, 0.2) is 0 Å². The van der Waals surface area contributed by atoms with Gasteiger partial charge in [0.1, 0.15) is 0 Å². The topological polar surface area (TPSA) is 26.3 Å². The summed E-state index contributed by atoms with van der Waals surface area (Å²) >= 11 is 0.956. The molecule has 1 atom stereocenters. The first-order chi connectivity index (χ1) is 3.18. The summed E-state index contributed by atoms with van der Waals surface area (Å²) in [5.74, 6) is 0.0943. The molecule has 0 radical (unpaired) electrons. The van der Waals surface area contributed by atoms with Crippen LogP contribution in [0.5, 0.6) is 0 Å². The van der Waals surface area contributed by atoms with Crippen molar-refractivity contribution in [2.75, 3.05) is 0 Å². The van der Waals surface area contributed by atoms with Gasteiger partial charge in [-0.1, -0.05) is 0 Å². The summed E-state index contributed by atoms with van der Waals surface area (Å²) < 4.78 is 4.75. The summed E-state index contributed by atoms with van der Waals surface area (Å²) in [5, 5.41) is 0. The van der Waals surface area contributed by atoms with E-state index < -0.39 is 0 Å². The Bertz CT molecular complexity index is 72.1. The monoisotopic (exact) mass is 177 g/mol. The third-order valence-electron chi connectivity index (χ3n) is 0.749. The van der Waals surface area contributed by atoms with Crippen LogP contribution in [0.4, 0.5) is 0 Å². The molecule has 0 spiro atoms. The van der Waals surface area contributed by atoms with E-state index in [4.69, 9.17) is 2.81 Å².